The Morgan fingerprint density at radius 3 is 2.76 bits per heavy atom. The highest BCUT2D eigenvalue weighted by Gasteiger charge is 2.35. The number of ether oxygens (including phenoxy) is 2. The van der Waals surface area contributed by atoms with Crippen molar-refractivity contribution in [3.05, 3.63) is 44.7 Å². The van der Waals surface area contributed by atoms with Crippen LogP contribution in [0.3, 0.4) is 0 Å². The number of aromatic nitrogens is 2. The molecule has 1 atom stereocenters. The number of carbonyl (C=O) groups is 2. The number of thioether (sulfide) groups is 1. The van der Waals surface area contributed by atoms with E-state index in [-0.39, 0.29) is 23.7 Å². The maximum absolute atomic E-state index is 13.7. The summed E-state index contributed by atoms with van der Waals surface area (Å²) in [5.41, 5.74) is 1.49. The Kier molecular flexibility index (Phi) is 7.50. The van der Waals surface area contributed by atoms with Crippen LogP contribution in [0.4, 0.5) is 10.6 Å². The fraction of sp³-hybridized carbons (Fsp3) is 0.480. The molecule has 37 heavy (non-hydrogen) atoms. The summed E-state index contributed by atoms with van der Waals surface area (Å²) in [6.07, 6.45) is 4.86. The SMILES string of the molecule is CCOC(=O)N1CCN(c2nc3ccc(C)cn3c(=O)c2C=C2SC(=S)N(CC3CCCO3)C2=O)CC1. The quantitative estimate of drug-likeness (QED) is 0.417. The first-order valence-electron chi connectivity index (χ1n) is 12.4. The van der Waals surface area contributed by atoms with Gasteiger partial charge in [-0.15, -0.1) is 0 Å². The van der Waals surface area contributed by atoms with Gasteiger partial charge in [-0.1, -0.05) is 30.0 Å². The number of anilines is 1. The molecule has 1 unspecified atom stereocenters. The van der Waals surface area contributed by atoms with Crippen molar-refractivity contribution in [2.24, 2.45) is 0 Å². The van der Waals surface area contributed by atoms with Gasteiger partial charge in [-0.05, 0) is 44.4 Å². The zero-order valence-corrected chi connectivity index (χ0v) is 22.5. The number of aryl methyl sites for hydroxylation is 1. The monoisotopic (exact) mass is 543 g/mol. The normalized spacial score (nSPS) is 21.5. The van der Waals surface area contributed by atoms with Crippen molar-refractivity contribution < 1.29 is 19.1 Å². The van der Waals surface area contributed by atoms with Crippen molar-refractivity contribution >= 4 is 57.8 Å². The number of pyridine rings is 1. The van der Waals surface area contributed by atoms with E-state index in [4.69, 9.17) is 26.7 Å². The highest BCUT2D eigenvalue weighted by molar-refractivity contribution is 8.26. The summed E-state index contributed by atoms with van der Waals surface area (Å²) in [5, 5.41) is 0. The number of amides is 2. The molecular formula is C25H29N5O5S2. The van der Waals surface area contributed by atoms with Crippen molar-refractivity contribution in [3.8, 4) is 0 Å². The van der Waals surface area contributed by atoms with Gasteiger partial charge in [0, 0.05) is 39.0 Å². The lowest BCUT2D eigenvalue weighted by molar-refractivity contribution is -0.123. The number of fused-ring (bicyclic) bond motifs is 1. The predicted octanol–water partition coefficient (Wildman–Crippen LogP) is 2.66. The molecule has 2 aromatic heterocycles. The number of hydrogen-bond donors (Lipinski definition) is 0. The lowest BCUT2D eigenvalue weighted by Gasteiger charge is -2.35. The smallest absolute Gasteiger partial charge is 0.409 e. The third-order valence-electron chi connectivity index (χ3n) is 6.65. The van der Waals surface area contributed by atoms with E-state index in [0.29, 0.717) is 72.2 Å². The number of thiocarbonyl (C=S) groups is 1. The molecule has 3 aliphatic heterocycles. The first kappa shape index (κ1) is 25.7. The Morgan fingerprint density at radius 2 is 2.05 bits per heavy atom. The highest BCUT2D eigenvalue weighted by Crippen LogP contribution is 2.34. The average Bonchev–Trinajstić information content (AvgIpc) is 3.50. The van der Waals surface area contributed by atoms with Gasteiger partial charge in [-0.2, -0.15) is 0 Å². The molecule has 2 aromatic rings. The second-order valence-corrected chi connectivity index (χ2v) is 10.9. The largest absolute Gasteiger partial charge is 0.450 e. The van der Waals surface area contributed by atoms with Gasteiger partial charge in [0.05, 0.1) is 29.7 Å². The van der Waals surface area contributed by atoms with Gasteiger partial charge in [0.1, 0.15) is 15.8 Å². The Balaban J connectivity index is 1.49. The van der Waals surface area contributed by atoms with Gasteiger partial charge in [0.2, 0.25) is 0 Å². The predicted molar refractivity (Wildman–Crippen MR) is 146 cm³/mol. The van der Waals surface area contributed by atoms with E-state index in [2.05, 4.69) is 0 Å². The Labute approximate surface area is 224 Å². The van der Waals surface area contributed by atoms with E-state index < -0.39 is 0 Å². The third-order valence-corrected chi connectivity index (χ3v) is 8.03. The molecule has 0 aromatic carbocycles. The molecule has 10 nitrogen and oxygen atoms in total. The van der Waals surface area contributed by atoms with Gasteiger partial charge >= 0.3 is 6.09 Å². The fourth-order valence-electron chi connectivity index (χ4n) is 4.71. The van der Waals surface area contributed by atoms with Crippen LogP contribution in [0, 0.1) is 6.92 Å². The molecule has 3 saturated heterocycles. The van der Waals surface area contributed by atoms with Crippen LogP contribution in [-0.2, 0) is 14.3 Å². The standard InChI is InChI=1S/C25H29N5O5S2/c1-3-34-24(33)28-10-8-27(9-11-28)21-18(22(31)29-14-16(2)6-7-20(29)26-21)13-19-23(32)30(25(36)37-19)15-17-5-4-12-35-17/h6-7,13-14,17H,3-5,8-12,15H2,1-2H3. The van der Waals surface area contributed by atoms with Gasteiger partial charge < -0.3 is 19.3 Å². The number of rotatable bonds is 5. The number of carbonyl (C=O) groups excluding carboxylic acids is 2. The molecule has 3 fully saturated rings. The van der Waals surface area contributed by atoms with Crippen molar-refractivity contribution in [1.82, 2.24) is 19.2 Å². The topological polar surface area (TPSA) is 96.7 Å². The van der Waals surface area contributed by atoms with Crippen molar-refractivity contribution in [1.29, 1.82) is 0 Å². The maximum atomic E-state index is 13.7. The van der Waals surface area contributed by atoms with Gasteiger partial charge in [0.25, 0.3) is 11.5 Å². The molecule has 196 valence electrons. The second-order valence-electron chi connectivity index (χ2n) is 9.19. The Morgan fingerprint density at radius 1 is 1.27 bits per heavy atom. The first-order valence-corrected chi connectivity index (χ1v) is 13.6. The van der Waals surface area contributed by atoms with Crippen LogP contribution < -0.4 is 10.5 Å². The van der Waals surface area contributed by atoms with Crippen LogP contribution in [0.25, 0.3) is 11.7 Å². The molecule has 0 aliphatic carbocycles. The molecule has 2 amide bonds. The van der Waals surface area contributed by atoms with Crippen LogP contribution in [0.2, 0.25) is 0 Å². The van der Waals surface area contributed by atoms with Crippen LogP contribution in [0.15, 0.2) is 28.0 Å². The zero-order valence-electron chi connectivity index (χ0n) is 20.8. The van der Waals surface area contributed by atoms with Crippen LogP contribution in [0.1, 0.15) is 30.9 Å². The zero-order chi connectivity index (χ0) is 26.1. The van der Waals surface area contributed by atoms with Crippen LogP contribution in [0.5, 0.6) is 0 Å². The Bertz CT molecular complexity index is 1330. The maximum Gasteiger partial charge on any atom is 0.409 e. The lowest BCUT2D eigenvalue weighted by Crippen LogP contribution is -2.49. The van der Waals surface area contributed by atoms with Gasteiger partial charge in [-0.3, -0.25) is 18.9 Å². The number of piperazine rings is 1. The van der Waals surface area contributed by atoms with E-state index in [1.54, 1.807) is 35.1 Å². The van der Waals surface area contributed by atoms with Crippen molar-refractivity contribution in [2.75, 3.05) is 50.8 Å². The van der Waals surface area contributed by atoms with Crippen molar-refractivity contribution in [2.45, 2.75) is 32.8 Å². The summed E-state index contributed by atoms with van der Waals surface area (Å²) in [7, 11) is 0. The number of hydrogen-bond acceptors (Lipinski definition) is 9. The second kappa shape index (κ2) is 10.8. The Hall–Kier alpha value is -2.96. The number of nitrogens with zero attached hydrogens (tertiary/aromatic N) is 5. The summed E-state index contributed by atoms with van der Waals surface area (Å²) < 4.78 is 12.8. The minimum absolute atomic E-state index is 0.0240. The molecule has 0 saturated carbocycles. The minimum atomic E-state index is -0.348. The average molecular weight is 544 g/mol. The first-order chi connectivity index (χ1) is 17.9. The third kappa shape index (κ3) is 5.23. The molecule has 0 bridgehead atoms. The summed E-state index contributed by atoms with van der Waals surface area (Å²) in [4.78, 5) is 49.6. The summed E-state index contributed by atoms with van der Waals surface area (Å²) in [6, 6.07) is 3.71. The van der Waals surface area contributed by atoms with Gasteiger partial charge in [-0.25, -0.2) is 9.78 Å². The lowest BCUT2D eigenvalue weighted by atomic mass is 10.2. The summed E-state index contributed by atoms with van der Waals surface area (Å²) >= 11 is 6.69. The molecule has 5 heterocycles. The van der Waals surface area contributed by atoms with E-state index >= 15 is 0 Å². The van der Waals surface area contributed by atoms with E-state index in [1.807, 2.05) is 17.9 Å². The fourth-order valence-corrected chi connectivity index (χ4v) is 5.97. The molecule has 0 N–H and O–H groups in total. The highest BCUT2D eigenvalue weighted by atomic mass is 32.2. The summed E-state index contributed by atoms with van der Waals surface area (Å²) in [6.45, 7) is 6.95. The van der Waals surface area contributed by atoms with Crippen molar-refractivity contribution in [3.63, 3.8) is 0 Å². The van der Waals surface area contributed by atoms with Gasteiger partial charge in [0.15, 0.2) is 0 Å². The minimum Gasteiger partial charge on any atom is -0.450 e. The molecule has 5 rings (SSSR count). The van der Waals surface area contributed by atoms with E-state index in [1.165, 1.54) is 16.2 Å². The van der Waals surface area contributed by atoms with E-state index in [9.17, 15) is 14.4 Å². The van der Waals surface area contributed by atoms with Crippen LogP contribution >= 0.6 is 24.0 Å². The summed E-state index contributed by atoms with van der Waals surface area (Å²) in [5.74, 6) is 0.263. The molecule has 0 radical (unpaired) electrons. The molecular weight excluding hydrogens is 514 g/mol. The van der Waals surface area contributed by atoms with Crippen LogP contribution in [-0.4, -0.2) is 87.5 Å². The molecule has 12 heteroatoms. The molecule has 3 aliphatic rings. The molecule has 0 spiro atoms. The van der Waals surface area contributed by atoms with E-state index in [0.717, 1.165) is 18.4 Å².